The summed E-state index contributed by atoms with van der Waals surface area (Å²) in [5.74, 6) is -0.342. The lowest BCUT2D eigenvalue weighted by molar-refractivity contribution is -0.138. The highest BCUT2D eigenvalue weighted by Gasteiger charge is 2.29. The Morgan fingerprint density at radius 2 is 1.72 bits per heavy atom. The van der Waals surface area contributed by atoms with Crippen LogP contribution in [0.4, 0.5) is 0 Å². The van der Waals surface area contributed by atoms with Gasteiger partial charge in [0.2, 0.25) is 17.7 Å². The largest absolute Gasteiger partial charge is 0.353 e. The number of hydrogen-bond donors (Lipinski definition) is 1. The Morgan fingerprint density at radius 3 is 2.33 bits per heavy atom. The summed E-state index contributed by atoms with van der Waals surface area (Å²) in [4.78, 5) is 35.7. The predicted octanol–water partition coefficient (Wildman–Crippen LogP) is 0.974. The number of nitrogens with zero attached hydrogens (tertiary/aromatic N) is 1. The predicted molar refractivity (Wildman–Crippen MR) is 65.6 cm³/mol. The van der Waals surface area contributed by atoms with Crippen LogP contribution < -0.4 is 5.32 Å². The summed E-state index contributed by atoms with van der Waals surface area (Å²) in [6, 6.07) is 0.288. The third kappa shape index (κ3) is 3.31. The Morgan fingerprint density at radius 1 is 1.11 bits per heavy atom. The van der Waals surface area contributed by atoms with Crippen molar-refractivity contribution in [2.75, 3.05) is 6.54 Å². The second kappa shape index (κ2) is 5.98. The van der Waals surface area contributed by atoms with Gasteiger partial charge in [-0.15, -0.1) is 0 Å². The fraction of sp³-hybridized carbons (Fsp3) is 0.769. The van der Waals surface area contributed by atoms with E-state index >= 15 is 0 Å². The van der Waals surface area contributed by atoms with Crippen LogP contribution in [0.15, 0.2) is 0 Å². The zero-order chi connectivity index (χ0) is 13.0. The van der Waals surface area contributed by atoms with Crippen LogP contribution in [-0.2, 0) is 14.4 Å². The minimum absolute atomic E-state index is 0.0469. The van der Waals surface area contributed by atoms with Gasteiger partial charge in [-0.3, -0.25) is 19.3 Å². The quantitative estimate of drug-likeness (QED) is 0.758. The molecular weight excluding hydrogens is 232 g/mol. The topological polar surface area (TPSA) is 66.5 Å². The molecule has 2 fully saturated rings. The van der Waals surface area contributed by atoms with E-state index in [2.05, 4.69) is 5.32 Å². The molecule has 0 aromatic rings. The number of amides is 3. The van der Waals surface area contributed by atoms with Crippen LogP contribution in [0.3, 0.4) is 0 Å². The molecule has 5 nitrogen and oxygen atoms in total. The molecule has 1 heterocycles. The zero-order valence-corrected chi connectivity index (χ0v) is 10.6. The van der Waals surface area contributed by atoms with Crippen molar-refractivity contribution in [3.05, 3.63) is 0 Å². The molecule has 2 rings (SSSR count). The van der Waals surface area contributed by atoms with Crippen molar-refractivity contribution >= 4 is 17.7 Å². The summed E-state index contributed by atoms with van der Waals surface area (Å²) in [7, 11) is 0. The first-order valence-corrected chi connectivity index (χ1v) is 6.79. The summed E-state index contributed by atoms with van der Waals surface area (Å²) in [5, 5.41) is 2.98. The zero-order valence-electron chi connectivity index (χ0n) is 10.6. The fourth-order valence-corrected chi connectivity index (χ4v) is 2.63. The van der Waals surface area contributed by atoms with Gasteiger partial charge >= 0.3 is 0 Å². The second-order valence-corrected chi connectivity index (χ2v) is 5.09. The average Bonchev–Trinajstić information content (AvgIpc) is 2.68. The molecule has 0 atom stereocenters. The lowest BCUT2D eigenvalue weighted by Crippen LogP contribution is -2.39. The van der Waals surface area contributed by atoms with Gasteiger partial charge in [0.05, 0.1) is 0 Å². The van der Waals surface area contributed by atoms with Gasteiger partial charge < -0.3 is 5.32 Å². The minimum Gasteiger partial charge on any atom is -0.353 e. The SMILES string of the molecule is O=C(CCN1C(=O)CCC1=O)NC1CCCCC1. The monoisotopic (exact) mass is 252 g/mol. The van der Waals surface area contributed by atoms with Crippen LogP contribution in [-0.4, -0.2) is 35.2 Å². The smallest absolute Gasteiger partial charge is 0.229 e. The summed E-state index contributed by atoms with van der Waals surface area (Å²) in [5.41, 5.74) is 0. The molecule has 1 aliphatic heterocycles. The number of carbonyl (C=O) groups is 3. The molecule has 18 heavy (non-hydrogen) atoms. The lowest BCUT2D eigenvalue weighted by atomic mass is 9.95. The van der Waals surface area contributed by atoms with Crippen molar-refractivity contribution in [1.82, 2.24) is 10.2 Å². The van der Waals surface area contributed by atoms with Crippen molar-refractivity contribution in [2.45, 2.75) is 57.4 Å². The highest BCUT2D eigenvalue weighted by molar-refractivity contribution is 6.02. The van der Waals surface area contributed by atoms with Gasteiger partial charge in [0.15, 0.2) is 0 Å². The van der Waals surface area contributed by atoms with Gasteiger partial charge in [0.1, 0.15) is 0 Å². The molecule has 0 aromatic carbocycles. The van der Waals surface area contributed by atoms with Crippen LogP contribution in [0.2, 0.25) is 0 Å². The van der Waals surface area contributed by atoms with Gasteiger partial charge in [-0.05, 0) is 12.8 Å². The minimum atomic E-state index is -0.148. The number of likely N-dealkylation sites (tertiary alicyclic amines) is 1. The van der Waals surface area contributed by atoms with Gasteiger partial charge in [0, 0.05) is 31.8 Å². The average molecular weight is 252 g/mol. The second-order valence-electron chi connectivity index (χ2n) is 5.09. The molecule has 100 valence electrons. The van der Waals surface area contributed by atoms with Gasteiger partial charge in [-0.1, -0.05) is 19.3 Å². The summed E-state index contributed by atoms with van der Waals surface area (Å²) >= 11 is 0. The molecule has 1 aliphatic carbocycles. The third-order valence-electron chi connectivity index (χ3n) is 3.69. The van der Waals surface area contributed by atoms with Crippen molar-refractivity contribution in [3.63, 3.8) is 0 Å². The maximum absolute atomic E-state index is 11.7. The van der Waals surface area contributed by atoms with E-state index in [1.807, 2.05) is 0 Å². The number of nitrogens with one attached hydrogen (secondary N) is 1. The molecule has 0 unspecified atom stereocenters. The van der Waals surface area contributed by atoms with Crippen molar-refractivity contribution < 1.29 is 14.4 Å². The van der Waals surface area contributed by atoms with Gasteiger partial charge in [0.25, 0.3) is 0 Å². The van der Waals surface area contributed by atoms with Crippen molar-refractivity contribution in [3.8, 4) is 0 Å². The Balaban J connectivity index is 1.71. The molecule has 2 aliphatic rings. The number of rotatable bonds is 4. The Labute approximate surface area is 107 Å². The summed E-state index contributed by atoms with van der Waals surface area (Å²) < 4.78 is 0. The van der Waals surface area contributed by atoms with Crippen LogP contribution in [0, 0.1) is 0 Å². The molecule has 1 saturated carbocycles. The van der Waals surface area contributed by atoms with Crippen molar-refractivity contribution in [1.29, 1.82) is 0 Å². The van der Waals surface area contributed by atoms with E-state index in [1.165, 1.54) is 24.2 Å². The van der Waals surface area contributed by atoms with Crippen LogP contribution in [0.5, 0.6) is 0 Å². The number of hydrogen-bond acceptors (Lipinski definition) is 3. The Kier molecular flexibility index (Phi) is 4.33. The first-order chi connectivity index (χ1) is 8.66. The number of carbonyl (C=O) groups excluding carboxylic acids is 3. The normalized spacial score (nSPS) is 21.4. The van der Waals surface area contributed by atoms with E-state index in [0.29, 0.717) is 12.8 Å². The van der Waals surface area contributed by atoms with E-state index in [9.17, 15) is 14.4 Å². The highest BCUT2D eigenvalue weighted by atomic mass is 16.2. The summed E-state index contributed by atoms with van der Waals surface area (Å²) in [6.07, 6.45) is 6.52. The molecule has 0 radical (unpaired) electrons. The molecule has 0 aromatic heterocycles. The van der Waals surface area contributed by atoms with E-state index in [1.54, 1.807) is 0 Å². The number of imide groups is 1. The van der Waals surface area contributed by atoms with E-state index in [0.717, 1.165) is 12.8 Å². The molecule has 0 spiro atoms. The molecule has 3 amide bonds. The molecule has 5 heteroatoms. The molecule has 1 saturated heterocycles. The van der Waals surface area contributed by atoms with Crippen molar-refractivity contribution in [2.24, 2.45) is 0 Å². The van der Waals surface area contributed by atoms with Crippen LogP contribution in [0.25, 0.3) is 0 Å². The van der Waals surface area contributed by atoms with Gasteiger partial charge in [-0.25, -0.2) is 0 Å². The highest BCUT2D eigenvalue weighted by Crippen LogP contribution is 2.17. The lowest BCUT2D eigenvalue weighted by Gasteiger charge is -2.23. The van der Waals surface area contributed by atoms with E-state index in [-0.39, 0.29) is 36.7 Å². The molecular formula is C13H20N2O3. The maximum atomic E-state index is 11.7. The summed E-state index contributed by atoms with van der Waals surface area (Å²) in [6.45, 7) is 0.232. The molecule has 0 bridgehead atoms. The standard InChI is InChI=1S/C13H20N2O3/c16-11(14-10-4-2-1-3-5-10)8-9-15-12(17)6-7-13(15)18/h10H,1-9H2,(H,14,16). The van der Waals surface area contributed by atoms with Gasteiger partial charge in [-0.2, -0.15) is 0 Å². The maximum Gasteiger partial charge on any atom is 0.229 e. The first kappa shape index (κ1) is 13.1. The first-order valence-electron chi connectivity index (χ1n) is 6.79. The Hall–Kier alpha value is -1.39. The van der Waals surface area contributed by atoms with E-state index < -0.39 is 0 Å². The van der Waals surface area contributed by atoms with Crippen LogP contribution in [0.1, 0.15) is 51.4 Å². The third-order valence-corrected chi connectivity index (χ3v) is 3.69. The van der Waals surface area contributed by atoms with E-state index in [4.69, 9.17) is 0 Å². The molecule has 1 N–H and O–H groups in total. The fourth-order valence-electron chi connectivity index (χ4n) is 2.63. The van der Waals surface area contributed by atoms with Crippen LogP contribution >= 0.6 is 0 Å². The Bertz CT molecular complexity index is 332.